The molecule has 0 unspecified atom stereocenters. The molecule has 2 N–H and O–H groups in total. The third-order valence-electron chi connectivity index (χ3n) is 4.37. The van der Waals surface area contributed by atoms with Crippen LogP contribution in [0, 0.1) is 13.8 Å². The van der Waals surface area contributed by atoms with Crippen LogP contribution < -0.4 is 4.74 Å². The van der Waals surface area contributed by atoms with Crippen molar-refractivity contribution in [2.24, 2.45) is 0 Å². The Hall–Kier alpha value is -2.75. The van der Waals surface area contributed by atoms with Gasteiger partial charge >= 0.3 is 5.97 Å². The minimum Gasteiger partial charge on any atom is -0.494 e. The summed E-state index contributed by atoms with van der Waals surface area (Å²) in [6.45, 7) is 6.65. The number of hydrogen-bond acceptors (Lipinski definition) is 2. The molecule has 0 aliphatic rings. The van der Waals surface area contributed by atoms with Crippen molar-refractivity contribution in [1.29, 1.82) is 0 Å². The molecule has 0 radical (unpaired) electrons. The number of rotatable bonds is 5. The molecule has 1 aromatic heterocycles. The Morgan fingerprint density at radius 1 is 1.21 bits per heavy atom. The van der Waals surface area contributed by atoms with Gasteiger partial charge in [0.15, 0.2) is 0 Å². The minimum atomic E-state index is -0.837. The van der Waals surface area contributed by atoms with E-state index >= 15 is 0 Å². The molecule has 0 aliphatic carbocycles. The van der Waals surface area contributed by atoms with Crippen molar-refractivity contribution in [3.8, 4) is 17.0 Å². The molecular formula is C20H21NO3. The molecule has 0 saturated carbocycles. The van der Waals surface area contributed by atoms with Crippen molar-refractivity contribution in [3.63, 3.8) is 0 Å². The maximum atomic E-state index is 11.4. The fourth-order valence-corrected chi connectivity index (χ4v) is 3.05. The summed E-state index contributed by atoms with van der Waals surface area (Å²) >= 11 is 0. The highest BCUT2D eigenvalue weighted by atomic mass is 16.5. The van der Waals surface area contributed by atoms with E-state index in [4.69, 9.17) is 4.74 Å². The number of benzene rings is 2. The predicted molar refractivity (Wildman–Crippen MR) is 95.7 cm³/mol. The minimum absolute atomic E-state index is 0.0172. The summed E-state index contributed by atoms with van der Waals surface area (Å²) < 4.78 is 5.58. The predicted octanol–water partition coefficient (Wildman–Crippen LogP) is 4.48. The zero-order valence-corrected chi connectivity index (χ0v) is 14.1. The number of hydrogen-bond donors (Lipinski definition) is 2. The molecule has 0 fully saturated rings. The number of carbonyl (C=O) groups is 1. The Bertz CT molecular complexity index is 909. The van der Waals surface area contributed by atoms with E-state index in [1.165, 1.54) is 5.56 Å². The molecule has 3 rings (SSSR count). The van der Waals surface area contributed by atoms with Gasteiger partial charge in [0.2, 0.25) is 0 Å². The molecule has 0 spiro atoms. The van der Waals surface area contributed by atoms with Crippen molar-refractivity contribution in [2.45, 2.75) is 27.2 Å². The van der Waals surface area contributed by atoms with Crippen LogP contribution in [0.1, 0.15) is 23.6 Å². The molecule has 3 aromatic rings. The van der Waals surface area contributed by atoms with Crippen molar-refractivity contribution in [1.82, 2.24) is 4.98 Å². The van der Waals surface area contributed by atoms with Crippen LogP contribution in [0.2, 0.25) is 0 Å². The van der Waals surface area contributed by atoms with Gasteiger partial charge in [0.05, 0.1) is 18.7 Å². The van der Waals surface area contributed by atoms with Crippen LogP contribution in [-0.2, 0) is 11.2 Å². The normalized spacial score (nSPS) is 11.0. The lowest BCUT2D eigenvalue weighted by molar-refractivity contribution is -0.136. The SMILES string of the molecule is CCOc1cccc(-c2[nH]c3c(C)c(C)ccc3c2CC(=O)O)c1. The van der Waals surface area contributed by atoms with Crippen molar-refractivity contribution >= 4 is 16.9 Å². The molecule has 4 heteroatoms. The largest absolute Gasteiger partial charge is 0.494 e. The second-order valence-electron chi connectivity index (χ2n) is 5.94. The first-order valence-corrected chi connectivity index (χ1v) is 8.07. The van der Waals surface area contributed by atoms with Crippen LogP contribution >= 0.6 is 0 Å². The average molecular weight is 323 g/mol. The highest BCUT2D eigenvalue weighted by Gasteiger charge is 2.17. The number of aliphatic carboxylic acids is 1. The van der Waals surface area contributed by atoms with Gasteiger partial charge in [0.25, 0.3) is 0 Å². The summed E-state index contributed by atoms with van der Waals surface area (Å²) in [7, 11) is 0. The molecule has 124 valence electrons. The second kappa shape index (κ2) is 6.40. The van der Waals surface area contributed by atoms with Crippen molar-refractivity contribution < 1.29 is 14.6 Å². The molecule has 0 bridgehead atoms. The van der Waals surface area contributed by atoms with Crippen LogP contribution in [0.3, 0.4) is 0 Å². The summed E-state index contributed by atoms with van der Waals surface area (Å²) in [5.41, 5.74) is 5.93. The Kier molecular flexibility index (Phi) is 4.30. The number of carboxylic acid groups (broad SMARTS) is 1. The van der Waals surface area contributed by atoms with E-state index in [0.717, 1.165) is 39.0 Å². The molecule has 24 heavy (non-hydrogen) atoms. The molecular weight excluding hydrogens is 302 g/mol. The molecule has 0 aliphatic heterocycles. The van der Waals surface area contributed by atoms with E-state index < -0.39 is 5.97 Å². The van der Waals surface area contributed by atoms with Crippen molar-refractivity contribution in [2.75, 3.05) is 6.61 Å². The molecule has 0 atom stereocenters. The van der Waals surface area contributed by atoms with Crippen LogP contribution in [0.5, 0.6) is 5.75 Å². The number of nitrogens with one attached hydrogen (secondary N) is 1. The molecule has 4 nitrogen and oxygen atoms in total. The fraction of sp³-hybridized carbons (Fsp3) is 0.250. The standard InChI is InChI=1S/C20H21NO3/c1-4-24-15-7-5-6-14(10-15)20-17(11-18(22)23)16-9-8-12(2)13(3)19(16)21-20/h5-10,21H,4,11H2,1-3H3,(H,22,23). The Morgan fingerprint density at radius 3 is 2.71 bits per heavy atom. The third kappa shape index (κ3) is 2.87. The summed E-state index contributed by atoms with van der Waals surface area (Å²) in [6.07, 6.45) is -0.0172. The Morgan fingerprint density at radius 2 is 2.00 bits per heavy atom. The van der Waals surface area contributed by atoms with Gasteiger partial charge in [-0.15, -0.1) is 0 Å². The maximum Gasteiger partial charge on any atom is 0.307 e. The van der Waals surface area contributed by atoms with E-state index in [1.54, 1.807) is 0 Å². The summed E-state index contributed by atoms with van der Waals surface area (Å²) in [5, 5.41) is 10.3. The van der Waals surface area contributed by atoms with Gasteiger partial charge in [-0.3, -0.25) is 4.79 Å². The number of fused-ring (bicyclic) bond motifs is 1. The highest BCUT2D eigenvalue weighted by Crippen LogP contribution is 2.34. The quantitative estimate of drug-likeness (QED) is 0.728. The number of aromatic nitrogens is 1. The highest BCUT2D eigenvalue weighted by molar-refractivity contribution is 5.96. The zero-order chi connectivity index (χ0) is 17.3. The zero-order valence-electron chi connectivity index (χ0n) is 14.1. The van der Waals surface area contributed by atoms with Crippen LogP contribution in [0.4, 0.5) is 0 Å². The Balaban J connectivity index is 2.24. The number of carboxylic acids is 1. The van der Waals surface area contributed by atoms with Gasteiger partial charge in [0.1, 0.15) is 5.75 Å². The lowest BCUT2D eigenvalue weighted by Gasteiger charge is -2.07. The van der Waals surface area contributed by atoms with Gasteiger partial charge in [-0.05, 0) is 49.6 Å². The molecule has 1 heterocycles. The first kappa shape index (κ1) is 16.1. The number of aryl methyl sites for hydroxylation is 2. The first-order valence-electron chi connectivity index (χ1n) is 8.07. The summed E-state index contributed by atoms with van der Waals surface area (Å²) in [5.74, 6) is -0.0563. The molecule has 0 amide bonds. The lowest BCUT2D eigenvalue weighted by atomic mass is 10.00. The van der Waals surface area contributed by atoms with E-state index in [1.807, 2.05) is 43.3 Å². The van der Waals surface area contributed by atoms with Gasteiger partial charge in [0, 0.05) is 16.5 Å². The van der Waals surface area contributed by atoms with Gasteiger partial charge in [-0.25, -0.2) is 0 Å². The van der Waals surface area contributed by atoms with Gasteiger partial charge < -0.3 is 14.8 Å². The van der Waals surface area contributed by atoms with E-state index in [-0.39, 0.29) is 6.42 Å². The monoisotopic (exact) mass is 323 g/mol. The summed E-state index contributed by atoms with van der Waals surface area (Å²) in [4.78, 5) is 14.8. The Labute approximate surface area is 141 Å². The topological polar surface area (TPSA) is 62.3 Å². The van der Waals surface area contributed by atoms with Crippen LogP contribution in [0.25, 0.3) is 22.2 Å². The van der Waals surface area contributed by atoms with Gasteiger partial charge in [-0.2, -0.15) is 0 Å². The van der Waals surface area contributed by atoms with Gasteiger partial charge in [-0.1, -0.05) is 24.3 Å². The van der Waals surface area contributed by atoms with E-state index in [2.05, 4.69) is 18.8 Å². The van der Waals surface area contributed by atoms with E-state index in [0.29, 0.717) is 6.61 Å². The number of ether oxygens (including phenoxy) is 1. The lowest BCUT2D eigenvalue weighted by Crippen LogP contribution is -2.01. The average Bonchev–Trinajstić information content (AvgIpc) is 2.90. The van der Waals surface area contributed by atoms with E-state index in [9.17, 15) is 9.90 Å². The molecule has 0 saturated heterocycles. The van der Waals surface area contributed by atoms with Crippen LogP contribution in [-0.4, -0.2) is 22.7 Å². The summed E-state index contributed by atoms with van der Waals surface area (Å²) in [6, 6.07) is 11.8. The fourth-order valence-electron chi connectivity index (χ4n) is 3.05. The maximum absolute atomic E-state index is 11.4. The first-order chi connectivity index (χ1) is 11.5. The van der Waals surface area contributed by atoms with Crippen molar-refractivity contribution in [3.05, 3.63) is 53.1 Å². The second-order valence-corrected chi connectivity index (χ2v) is 5.94. The number of aromatic amines is 1. The number of H-pyrrole nitrogens is 1. The third-order valence-corrected chi connectivity index (χ3v) is 4.37. The van der Waals surface area contributed by atoms with Crippen LogP contribution in [0.15, 0.2) is 36.4 Å². The molecule has 2 aromatic carbocycles. The smallest absolute Gasteiger partial charge is 0.307 e.